The Morgan fingerprint density at radius 2 is 2.00 bits per heavy atom. The van der Waals surface area contributed by atoms with Gasteiger partial charge in [-0.15, -0.1) is 0 Å². The Bertz CT molecular complexity index is 146. The first-order valence-electron chi connectivity index (χ1n) is 3.36. The maximum atomic E-state index is 9.19. The number of rotatable bonds is 1. The highest BCUT2D eigenvalue weighted by Crippen LogP contribution is 2.27. The average Bonchev–Trinajstić information content (AvgIpc) is 2.13. The van der Waals surface area contributed by atoms with Crippen LogP contribution in [0.5, 0.6) is 0 Å². The molecule has 1 aliphatic rings. The summed E-state index contributed by atoms with van der Waals surface area (Å²) in [4.78, 5) is 0. The van der Waals surface area contributed by atoms with Gasteiger partial charge in [0.1, 0.15) is 18.3 Å². The second-order valence-corrected chi connectivity index (χ2v) is 2.83. The van der Waals surface area contributed by atoms with Gasteiger partial charge in [0.25, 0.3) is 0 Å². The van der Waals surface area contributed by atoms with Crippen LogP contribution >= 0.6 is 0 Å². The molecule has 66 valence electrons. The van der Waals surface area contributed by atoms with Crippen LogP contribution in [0, 0.1) is 0 Å². The number of ether oxygens (including phenoxy) is 1. The summed E-state index contributed by atoms with van der Waals surface area (Å²) in [6.45, 7) is 0.810. The van der Waals surface area contributed by atoms with Crippen LogP contribution in [-0.4, -0.2) is 51.1 Å². The van der Waals surface area contributed by atoms with E-state index in [0.717, 1.165) is 0 Å². The van der Waals surface area contributed by atoms with Crippen LogP contribution in [0.15, 0.2) is 0 Å². The smallest absolute Gasteiger partial charge is 0.192 e. The van der Waals surface area contributed by atoms with E-state index in [1.807, 2.05) is 0 Å². The molecule has 1 fully saturated rings. The first-order chi connectivity index (χ1) is 4.99. The van der Waals surface area contributed by atoms with Crippen LogP contribution in [0.4, 0.5) is 0 Å². The van der Waals surface area contributed by atoms with Crippen molar-refractivity contribution < 1.29 is 25.2 Å². The van der Waals surface area contributed by atoms with Gasteiger partial charge < -0.3 is 25.2 Å². The minimum absolute atomic E-state index is 0.422. The Morgan fingerprint density at radius 1 is 1.45 bits per heavy atom. The van der Waals surface area contributed by atoms with E-state index in [1.165, 1.54) is 6.92 Å². The summed E-state index contributed by atoms with van der Waals surface area (Å²) in [5.41, 5.74) is 0. The highest BCUT2D eigenvalue weighted by molar-refractivity contribution is 4.92. The molecule has 1 unspecified atom stereocenters. The van der Waals surface area contributed by atoms with Gasteiger partial charge in [0.2, 0.25) is 0 Å². The van der Waals surface area contributed by atoms with Gasteiger partial charge in [-0.25, -0.2) is 0 Å². The van der Waals surface area contributed by atoms with Crippen LogP contribution in [0.25, 0.3) is 0 Å². The molecule has 1 rings (SSSR count). The molecule has 0 amide bonds. The molecule has 0 aromatic heterocycles. The molecule has 0 radical (unpaired) electrons. The standard InChI is InChI=1S/C6H12O5/c1-6(10)5(9)4(8)3(2-7)11-6/h3-5,7-10H,2H2,1H3/t3-,4-,5-,6?/m1/s1. The fourth-order valence-corrected chi connectivity index (χ4v) is 1.11. The number of hydrogen-bond donors (Lipinski definition) is 4. The number of aliphatic hydroxyl groups excluding tert-OH is 3. The third-order valence-corrected chi connectivity index (χ3v) is 1.82. The summed E-state index contributed by atoms with van der Waals surface area (Å²) in [5, 5.41) is 36.0. The summed E-state index contributed by atoms with van der Waals surface area (Å²) in [7, 11) is 0. The highest BCUT2D eigenvalue weighted by Gasteiger charge is 2.49. The normalized spacial score (nSPS) is 51.5. The molecule has 0 aliphatic carbocycles. The molecule has 0 aromatic carbocycles. The van der Waals surface area contributed by atoms with Crippen molar-refractivity contribution >= 4 is 0 Å². The molecular weight excluding hydrogens is 152 g/mol. The Labute approximate surface area is 63.8 Å². The zero-order valence-corrected chi connectivity index (χ0v) is 6.14. The minimum Gasteiger partial charge on any atom is -0.394 e. The average molecular weight is 164 g/mol. The lowest BCUT2D eigenvalue weighted by Gasteiger charge is -2.19. The van der Waals surface area contributed by atoms with Crippen LogP contribution in [0.2, 0.25) is 0 Å². The van der Waals surface area contributed by atoms with E-state index in [9.17, 15) is 5.11 Å². The van der Waals surface area contributed by atoms with E-state index >= 15 is 0 Å². The predicted molar refractivity (Wildman–Crippen MR) is 34.6 cm³/mol. The summed E-state index contributed by atoms with van der Waals surface area (Å²) < 4.78 is 4.73. The van der Waals surface area contributed by atoms with Crippen molar-refractivity contribution in [2.45, 2.75) is 31.0 Å². The maximum Gasteiger partial charge on any atom is 0.192 e. The molecule has 0 aromatic rings. The van der Waals surface area contributed by atoms with Gasteiger partial charge in [-0.3, -0.25) is 0 Å². The monoisotopic (exact) mass is 164 g/mol. The molecule has 1 saturated heterocycles. The second kappa shape index (κ2) is 2.69. The molecule has 0 saturated carbocycles. The van der Waals surface area contributed by atoms with Gasteiger partial charge in [-0.05, 0) is 6.92 Å². The van der Waals surface area contributed by atoms with Gasteiger partial charge in [0.05, 0.1) is 6.61 Å². The van der Waals surface area contributed by atoms with Gasteiger partial charge >= 0.3 is 0 Å². The summed E-state index contributed by atoms with van der Waals surface area (Å²) in [6.07, 6.45) is -3.49. The molecule has 1 heterocycles. The second-order valence-electron chi connectivity index (χ2n) is 2.83. The first kappa shape index (κ1) is 8.89. The van der Waals surface area contributed by atoms with E-state index in [1.54, 1.807) is 0 Å². The minimum atomic E-state index is -1.76. The van der Waals surface area contributed by atoms with E-state index in [4.69, 9.17) is 20.1 Å². The lowest BCUT2D eigenvalue weighted by atomic mass is 10.1. The Hall–Kier alpha value is -0.200. The predicted octanol–water partition coefficient (Wildman–Crippen LogP) is -2.19. The van der Waals surface area contributed by atoms with E-state index in [0.29, 0.717) is 0 Å². The van der Waals surface area contributed by atoms with E-state index < -0.39 is 30.7 Å². The maximum absolute atomic E-state index is 9.19. The third kappa shape index (κ3) is 1.38. The van der Waals surface area contributed by atoms with Crippen LogP contribution in [0.1, 0.15) is 6.92 Å². The van der Waals surface area contributed by atoms with Crippen molar-refractivity contribution in [3.8, 4) is 0 Å². The van der Waals surface area contributed by atoms with Crippen molar-refractivity contribution in [1.29, 1.82) is 0 Å². The lowest BCUT2D eigenvalue weighted by Crippen LogP contribution is -2.40. The molecular formula is C6H12O5. The number of aliphatic hydroxyl groups is 4. The van der Waals surface area contributed by atoms with Gasteiger partial charge in [-0.1, -0.05) is 0 Å². The largest absolute Gasteiger partial charge is 0.394 e. The first-order valence-corrected chi connectivity index (χ1v) is 3.36. The van der Waals surface area contributed by atoms with Crippen molar-refractivity contribution in [2.24, 2.45) is 0 Å². The topological polar surface area (TPSA) is 90.2 Å². The van der Waals surface area contributed by atoms with Gasteiger partial charge in [-0.2, -0.15) is 0 Å². The van der Waals surface area contributed by atoms with Gasteiger partial charge in [0, 0.05) is 0 Å². The molecule has 11 heavy (non-hydrogen) atoms. The molecule has 0 spiro atoms. The van der Waals surface area contributed by atoms with Crippen molar-refractivity contribution in [3.05, 3.63) is 0 Å². The zero-order chi connectivity index (χ0) is 8.65. The zero-order valence-electron chi connectivity index (χ0n) is 6.14. The van der Waals surface area contributed by atoms with Crippen molar-refractivity contribution in [3.63, 3.8) is 0 Å². The lowest BCUT2D eigenvalue weighted by molar-refractivity contribution is -0.217. The molecule has 1 aliphatic heterocycles. The molecule has 0 bridgehead atoms. The Balaban J connectivity index is 2.69. The third-order valence-electron chi connectivity index (χ3n) is 1.82. The number of hydrogen-bond acceptors (Lipinski definition) is 5. The van der Waals surface area contributed by atoms with Crippen molar-refractivity contribution in [2.75, 3.05) is 6.61 Å². The highest BCUT2D eigenvalue weighted by atomic mass is 16.7. The van der Waals surface area contributed by atoms with Gasteiger partial charge in [0.15, 0.2) is 5.79 Å². The van der Waals surface area contributed by atoms with Crippen LogP contribution in [-0.2, 0) is 4.74 Å². The summed E-state index contributed by atoms with van der Waals surface area (Å²) in [5.74, 6) is -1.76. The van der Waals surface area contributed by atoms with Crippen LogP contribution < -0.4 is 0 Å². The quantitative estimate of drug-likeness (QED) is 0.353. The van der Waals surface area contributed by atoms with E-state index in [-0.39, 0.29) is 0 Å². The molecule has 4 N–H and O–H groups in total. The Morgan fingerprint density at radius 3 is 2.18 bits per heavy atom. The summed E-state index contributed by atoms with van der Waals surface area (Å²) >= 11 is 0. The van der Waals surface area contributed by atoms with Crippen LogP contribution in [0.3, 0.4) is 0 Å². The molecule has 4 atom stereocenters. The Kier molecular flexibility index (Phi) is 2.17. The molecule has 5 nitrogen and oxygen atoms in total. The summed E-state index contributed by atoms with van der Waals surface area (Å²) in [6, 6.07) is 0. The molecule has 5 heteroatoms. The SMILES string of the molecule is CC1(O)O[C@H](CO)[C@@H](O)[C@H]1O. The van der Waals surface area contributed by atoms with Crippen molar-refractivity contribution in [1.82, 2.24) is 0 Å². The van der Waals surface area contributed by atoms with E-state index in [2.05, 4.69) is 0 Å². The fraction of sp³-hybridized carbons (Fsp3) is 1.00. The fourth-order valence-electron chi connectivity index (χ4n) is 1.11.